The van der Waals surface area contributed by atoms with Gasteiger partial charge in [0.15, 0.2) is 0 Å². The zero-order chi connectivity index (χ0) is 30.4. The van der Waals surface area contributed by atoms with Gasteiger partial charge >= 0.3 is 6.18 Å². The second kappa shape index (κ2) is 10.6. The molecule has 3 aromatic rings. The molecule has 1 fully saturated rings. The van der Waals surface area contributed by atoms with Gasteiger partial charge < -0.3 is 15.1 Å². The minimum absolute atomic E-state index is 0.00476. The Morgan fingerprint density at radius 2 is 1.88 bits per heavy atom. The van der Waals surface area contributed by atoms with Crippen LogP contribution >= 0.6 is 0 Å². The van der Waals surface area contributed by atoms with Gasteiger partial charge in [0.25, 0.3) is 5.91 Å². The first-order chi connectivity index (χ1) is 19.9. The molecule has 0 aliphatic carbocycles. The standard InChI is InChI=1S/C30H29F3N6O3/c1-18(2)12-25(27(41)38-17-29(13-20(38)14-34)21-8-4-6-10-23(21)36-28(29)42)37(3)26(40)19-15-35-39(16-19)24-11-7-5-9-22(24)30(31,32)33/h4-11,15-16,18,20,25H,12-13,17H2,1-3H3,(H,36,42)/t20-,25-,29-/m0/s1. The quantitative estimate of drug-likeness (QED) is 0.467. The summed E-state index contributed by atoms with van der Waals surface area (Å²) in [4.78, 5) is 43.4. The van der Waals surface area contributed by atoms with E-state index in [4.69, 9.17) is 0 Å². The number of nitrogens with zero attached hydrogens (tertiary/aromatic N) is 5. The second-order valence-corrected chi connectivity index (χ2v) is 11.1. The smallest absolute Gasteiger partial charge is 0.330 e. The van der Waals surface area contributed by atoms with Crippen LogP contribution in [0.4, 0.5) is 18.9 Å². The minimum Gasteiger partial charge on any atom is -0.330 e. The SMILES string of the molecule is CC(C)C[C@@H](C(=O)N1C[C@]2(C[C@H]1C#N)C(=O)Nc1ccccc12)N(C)C(=O)c1cnn(-c2ccccc2C(F)(F)F)c1. The van der Waals surface area contributed by atoms with E-state index < -0.39 is 41.1 Å². The number of amides is 3. The van der Waals surface area contributed by atoms with Gasteiger partial charge in [-0.2, -0.15) is 23.5 Å². The maximum absolute atomic E-state index is 14.1. The lowest BCUT2D eigenvalue weighted by Gasteiger charge is -2.33. The molecule has 1 N–H and O–H groups in total. The van der Waals surface area contributed by atoms with Crippen molar-refractivity contribution in [3.05, 3.63) is 77.6 Å². The molecular formula is C30H29F3N6O3. The van der Waals surface area contributed by atoms with Crippen LogP contribution in [0.1, 0.15) is 48.2 Å². The number of anilines is 1. The van der Waals surface area contributed by atoms with Crippen molar-refractivity contribution in [1.82, 2.24) is 19.6 Å². The lowest BCUT2D eigenvalue weighted by molar-refractivity contribution is -0.138. The number of fused-ring (bicyclic) bond motifs is 2. The molecule has 2 aliphatic rings. The molecule has 0 bridgehead atoms. The van der Waals surface area contributed by atoms with Crippen molar-refractivity contribution < 1.29 is 27.6 Å². The highest BCUT2D eigenvalue weighted by Gasteiger charge is 2.56. The molecular weight excluding hydrogens is 549 g/mol. The van der Waals surface area contributed by atoms with Crippen molar-refractivity contribution >= 4 is 23.4 Å². The molecule has 12 heteroatoms. The molecule has 0 unspecified atom stereocenters. The maximum atomic E-state index is 14.1. The number of carbonyl (C=O) groups excluding carboxylic acids is 3. The highest BCUT2D eigenvalue weighted by molar-refractivity contribution is 6.07. The minimum atomic E-state index is -4.63. The normalized spacial score (nSPS) is 20.4. The van der Waals surface area contributed by atoms with E-state index in [9.17, 15) is 32.8 Å². The van der Waals surface area contributed by atoms with Gasteiger partial charge in [0.2, 0.25) is 11.8 Å². The highest BCUT2D eigenvalue weighted by Crippen LogP contribution is 2.46. The fraction of sp³-hybridized carbons (Fsp3) is 0.367. The predicted octanol–water partition coefficient (Wildman–Crippen LogP) is 4.39. The number of halogens is 3. The Hall–Kier alpha value is -4.66. The summed E-state index contributed by atoms with van der Waals surface area (Å²) in [5.74, 6) is -1.40. The Bertz CT molecular complexity index is 1590. The molecule has 2 aromatic carbocycles. The van der Waals surface area contributed by atoms with Crippen LogP contribution in [0.3, 0.4) is 0 Å². The molecule has 5 rings (SSSR count). The average Bonchev–Trinajstić information content (AvgIpc) is 3.67. The summed E-state index contributed by atoms with van der Waals surface area (Å²) in [6.45, 7) is 3.76. The zero-order valence-corrected chi connectivity index (χ0v) is 23.2. The molecule has 1 spiro atoms. The molecule has 3 amide bonds. The molecule has 9 nitrogen and oxygen atoms in total. The number of likely N-dealkylation sites (N-methyl/N-ethyl adjacent to an activating group) is 1. The Labute approximate surface area is 240 Å². The summed E-state index contributed by atoms with van der Waals surface area (Å²) in [5, 5.41) is 16.8. The van der Waals surface area contributed by atoms with E-state index in [-0.39, 0.29) is 42.5 Å². The Balaban J connectivity index is 1.43. The van der Waals surface area contributed by atoms with Crippen LogP contribution < -0.4 is 5.32 Å². The van der Waals surface area contributed by atoms with Gasteiger partial charge in [-0.1, -0.05) is 44.2 Å². The van der Waals surface area contributed by atoms with Crippen molar-refractivity contribution in [2.45, 2.75) is 50.4 Å². The predicted molar refractivity (Wildman–Crippen MR) is 146 cm³/mol. The number of hydrogen-bond donors (Lipinski definition) is 1. The average molecular weight is 579 g/mol. The van der Waals surface area contributed by atoms with Gasteiger partial charge in [0.05, 0.1) is 34.5 Å². The summed E-state index contributed by atoms with van der Waals surface area (Å²) >= 11 is 0. The van der Waals surface area contributed by atoms with Crippen LogP contribution in [0.2, 0.25) is 0 Å². The fourth-order valence-electron chi connectivity index (χ4n) is 5.87. The van der Waals surface area contributed by atoms with E-state index in [0.717, 1.165) is 22.5 Å². The number of rotatable bonds is 6. The van der Waals surface area contributed by atoms with E-state index in [0.29, 0.717) is 5.69 Å². The number of aromatic nitrogens is 2. The van der Waals surface area contributed by atoms with Crippen molar-refractivity contribution in [3.63, 3.8) is 0 Å². The van der Waals surface area contributed by atoms with Crippen molar-refractivity contribution in [1.29, 1.82) is 5.26 Å². The topological polar surface area (TPSA) is 111 Å². The first-order valence-corrected chi connectivity index (χ1v) is 13.5. The van der Waals surface area contributed by atoms with Crippen LogP contribution in [0.5, 0.6) is 0 Å². The molecule has 0 radical (unpaired) electrons. The number of benzene rings is 2. The number of likely N-dealkylation sites (tertiary alicyclic amines) is 1. The van der Waals surface area contributed by atoms with Gasteiger partial charge in [-0.05, 0) is 36.1 Å². The first kappa shape index (κ1) is 28.9. The van der Waals surface area contributed by atoms with Gasteiger partial charge in [0.1, 0.15) is 12.1 Å². The van der Waals surface area contributed by atoms with Crippen LogP contribution in [-0.4, -0.2) is 63.0 Å². The molecule has 3 heterocycles. The van der Waals surface area contributed by atoms with Crippen LogP contribution in [0.25, 0.3) is 5.69 Å². The van der Waals surface area contributed by atoms with Crippen LogP contribution in [-0.2, 0) is 21.2 Å². The third-order valence-electron chi connectivity index (χ3n) is 7.97. The maximum Gasteiger partial charge on any atom is 0.418 e. The Kier molecular flexibility index (Phi) is 7.30. The molecule has 218 valence electrons. The summed E-state index contributed by atoms with van der Waals surface area (Å²) < 4.78 is 41.7. The molecule has 1 saturated heterocycles. The monoisotopic (exact) mass is 578 g/mol. The number of nitrogens with one attached hydrogen (secondary N) is 1. The second-order valence-electron chi connectivity index (χ2n) is 11.1. The van der Waals surface area contributed by atoms with E-state index in [1.54, 1.807) is 18.2 Å². The molecule has 1 aromatic heterocycles. The lowest BCUT2D eigenvalue weighted by Crippen LogP contribution is -2.52. The fourth-order valence-corrected chi connectivity index (χ4v) is 5.87. The molecule has 0 saturated carbocycles. The van der Waals surface area contributed by atoms with Gasteiger partial charge in [-0.3, -0.25) is 14.4 Å². The molecule has 3 atom stereocenters. The Morgan fingerprint density at radius 3 is 2.57 bits per heavy atom. The van der Waals surface area contributed by atoms with Crippen LogP contribution in [0.15, 0.2) is 60.9 Å². The van der Waals surface area contributed by atoms with Crippen LogP contribution in [0, 0.1) is 17.2 Å². The van der Waals surface area contributed by atoms with Crippen molar-refractivity contribution in [3.8, 4) is 11.8 Å². The third-order valence-corrected chi connectivity index (χ3v) is 7.97. The Morgan fingerprint density at radius 1 is 1.19 bits per heavy atom. The summed E-state index contributed by atoms with van der Waals surface area (Å²) in [7, 11) is 1.44. The summed E-state index contributed by atoms with van der Waals surface area (Å²) in [6.07, 6.45) is -1.89. The van der Waals surface area contributed by atoms with E-state index in [1.165, 1.54) is 41.2 Å². The number of nitriles is 1. The number of alkyl halides is 3. The summed E-state index contributed by atoms with van der Waals surface area (Å²) in [6, 6.07) is 12.3. The molecule has 2 aliphatic heterocycles. The lowest BCUT2D eigenvalue weighted by atomic mass is 9.80. The van der Waals surface area contributed by atoms with E-state index in [1.807, 2.05) is 19.9 Å². The number of para-hydroxylation sites is 2. The van der Waals surface area contributed by atoms with Gasteiger partial charge in [-0.25, -0.2) is 4.68 Å². The largest absolute Gasteiger partial charge is 0.418 e. The number of hydrogen-bond acceptors (Lipinski definition) is 5. The number of carbonyl (C=O) groups is 3. The van der Waals surface area contributed by atoms with Gasteiger partial charge in [-0.15, -0.1) is 0 Å². The molecule has 42 heavy (non-hydrogen) atoms. The zero-order valence-electron chi connectivity index (χ0n) is 23.2. The third kappa shape index (κ3) is 4.89. The van der Waals surface area contributed by atoms with E-state index >= 15 is 0 Å². The van der Waals surface area contributed by atoms with Crippen molar-refractivity contribution in [2.75, 3.05) is 18.9 Å². The summed E-state index contributed by atoms with van der Waals surface area (Å²) in [5.41, 5.74) is -0.863. The van der Waals surface area contributed by atoms with E-state index in [2.05, 4.69) is 16.5 Å². The van der Waals surface area contributed by atoms with Gasteiger partial charge in [0, 0.05) is 31.9 Å². The first-order valence-electron chi connectivity index (χ1n) is 13.5. The highest BCUT2D eigenvalue weighted by atomic mass is 19.4. The van der Waals surface area contributed by atoms with Crippen molar-refractivity contribution in [2.24, 2.45) is 5.92 Å².